The molecule has 2 heterocycles. The summed E-state index contributed by atoms with van der Waals surface area (Å²) in [5.74, 6) is 0. The van der Waals surface area contributed by atoms with Gasteiger partial charge in [-0.25, -0.2) is 4.98 Å². The standard InChI is InChI=1S/C9H15N3S/c1-10-9-12-8(6-13-9)5-7-3-2-4-11-7/h6-7,11H,2-5H2,1H3,(H,10,12). The van der Waals surface area contributed by atoms with Crippen molar-refractivity contribution in [3.63, 3.8) is 0 Å². The molecule has 72 valence electrons. The minimum Gasteiger partial charge on any atom is -0.365 e. The second kappa shape index (κ2) is 4.07. The normalized spacial score (nSPS) is 22.1. The second-order valence-electron chi connectivity index (χ2n) is 3.39. The Morgan fingerprint density at radius 2 is 2.69 bits per heavy atom. The highest BCUT2D eigenvalue weighted by Gasteiger charge is 2.15. The molecule has 1 aliphatic rings. The molecule has 4 heteroatoms. The Kier molecular flexibility index (Phi) is 2.80. The van der Waals surface area contributed by atoms with E-state index >= 15 is 0 Å². The van der Waals surface area contributed by atoms with Gasteiger partial charge in [0.1, 0.15) is 0 Å². The van der Waals surface area contributed by atoms with E-state index in [0.717, 1.165) is 11.6 Å². The van der Waals surface area contributed by atoms with Crippen LogP contribution in [0.3, 0.4) is 0 Å². The van der Waals surface area contributed by atoms with Crippen molar-refractivity contribution in [3.8, 4) is 0 Å². The van der Waals surface area contributed by atoms with E-state index in [4.69, 9.17) is 0 Å². The predicted octanol–water partition coefficient (Wildman–Crippen LogP) is 1.48. The van der Waals surface area contributed by atoms with Gasteiger partial charge in [-0.05, 0) is 19.4 Å². The number of thiazole rings is 1. The molecule has 2 N–H and O–H groups in total. The van der Waals surface area contributed by atoms with Gasteiger partial charge in [-0.15, -0.1) is 11.3 Å². The summed E-state index contributed by atoms with van der Waals surface area (Å²) in [6.07, 6.45) is 3.69. The van der Waals surface area contributed by atoms with Gasteiger partial charge in [0.25, 0.3) is 0 Å². The van der Waals surface area contributed by atoms with Crippen molar-refractivity contribution in [1.82, 2.24) is 10.3 Å². The molecule has 0 aromatic carbocycles. The molecular formula is C9H15N3S. The van der Waals surface area contributed by atoms with Crippen LogP contribution in [0.2, 0.25) is 0 Å². The van der Waals surface area contributed by atoms with E-state index in [-0.39, 0.29) is 0 Å². The highest BCUT2D eigenvalue weighted by atomic mass is 32.1. The molecule has 0 radical (unpaired) electrons. The van der Waals surface area contributed by atoms with Crippen molar-refractivity contribution in [2.75, 3.05) is 18.9 Å². The molecule has 1 saturated heterocycles. The summed E-state index contributed by atoms with van der Waals surface area (Å²) >= 11 is 1.68. The molecule has 13 heavy (non-hydrogen) atoms. The van der Waals surface area contributed by atoms with Crippen LogP contribution in [0.5, 0.6) is 0 Å². The van der Waals surface area contributed by atoms with Gasteiger partial charge in [0.15, 0.2) is 5.13 Å². The summed E-state index contributed by atoms with van der Waals surface area (Å²) in [7, 11) is 1.91. The smallest absolute Gasteiger partial charge is 0.182 e. The molecule has 1 aromatic rings. The first-order valence-corrected chi connectivity index (χ1v) is 5.62. The fourth-order valence-corrected chi connectivity index (χ4v) is 2.38. The van der Waals surface area contributed by atoms with Gasteiger partial charge in [-0.3, -0.25) is 0 Å². The third-order valence-corrected chi connectivity index (χ3v) is 3.29. The zero-order chi connectivity index (χ0) is 9.10. The Morgan fingerprint density at radius 1 is 1.77 bits per heavy atom. The summed E-state index contributed by atoms with van der Waals surface area (Å²) < 4.78 is 0. The van der Waals surface area contributed by atoms with Crippen molar-refractivity contribution >= 4 is 16.5 Å². The molecule has 0 bridgehead atoms. The molecule has 0 spiro atoms. The first-order chi connectivity index (χ1) is 6.38. The third-order valence-electron chi connectivity index (χ3n) is 2.38. The summed E-state index contributed by atoms with van der Waals surface area (Å²) in [6.45, 7) is 1.17. The van der Waals surface area contributed by atoms with Crippen LogP contribution in [0, 0.1) is 0 Å². The molecule has 1 fully saturated rings. The Bertz CT molecular complexity index is 266. The molecule has 0 amide bonds. The monoisotopic (exact) mass is 197 g/mol. The van der Waals surface area contributed by atoms with Gasteiger partial charge >= 0.3 is 0 Å². The maximum absolute atomic E-state index is 4.46. The number of rotatable bonds is 3. The summed E-state index contributed by atoms with van der Waals surface area (Å²) in [6, 6.07) is 0.659. The third kappa shape index (κ3) is 2.19. The van der Waals surface area contributed by atoms with Gasteiger partial charge in [0.05, 0.1) is 5.69 Å². The van der Waals surface area contributed by atoms with Gasteiger partial charge in [-0.1, -0.05) is 0 Å². The van der Waals surface area contributed by atoms with Crippen LogP contribution in [-0.2, 0) is 6.42 Å². The lowest BCUT2D eigenvalue weighted by molar-refractivity contribution is 0.597. The van der Waals surface area contributed by atoms with Crippen LogP contribution in [0.4, 0.5) is 5.13 Å². The molecule has 0 aliphatic carbocycles. The minimum atomic E-state index is 0.659. The summed E-state index contributed by atoms with van der Waals surface area (Å²) in [4.78, 5) is 4.46. The number of nitrogens with zero attached hydrogens (tertiary/aromatic N) is 1. The molecule has 1 atom stereocenters. The van der Waals surface area contributed by atoms with Crippen molar-refractivity contribution < 1.29 is 0 Å². The number of hydrogen-bond donors (Lipinski definition) is 2. The van der Waals surface area contributed by atoms with Crippen LogP contribution in [-0.4, -0.2) is 24.6 Å². The van der Waals surface area contributed by atoms with E-state index in [1.807, 2.05) is 7.05 Å². The van der Waals surface area contributed by atoms with Crippen LogP contribution in [0.15, 0.2) is 5.38 Å². The van der Waals surface area contributed by atoms with Gasteiger partial charge in [0.2, 0.25) is 0 Å². The lowest BCUT2D eigenvalue weighted by atomic mass is 10.1. The average molecular weight is 197 g/mol. The van der Waals surface area contributed by atoms with E-state index in [9.17, 15) is 0 Å². The van der Waals surface area contributed by atoms with Crippen LogP contribution in [0.1, 0.15) is 18.5 Å². The van der Waals surface area contributed by atoms with E-state index in [2.05, 4.69) is 21.0 Å². The topological polar surface area (TPSA) is 37.0 Å². The van der Waals surface area contributed by atoms with Crippen molar-refractivity contribution in [1.29, 1.82) is 0 Å². The van der Waals surface area contributed by atoms with Crippen LogP contribution >= 0.6 is 11.3 Å². The van der Waals surface area contributed by atoms with Gasteiger partial charge in [-0.2, -0.15) is 0 Å². The zero-order valence-corrected chi connectivity index (χ0v) is 8.66. The summed E-state index contributed by atoms with van der Waals surface area (Å²) in [5, 5.41) is 9.70. The Balaban J connectivity index is 1.92. The maximum atomic E-state index is 4.46. The second-order valence-corrected chi connectivity index (χ2v) is 4.25. The SMILES string of the molecule is CNc1nc(CC2CCCN2)cs1. The van der Waals surface area contributed by atoms with E-state index < -0.39 is 0 Å². The largest absolute Gasteiger partial charge is 0.365 e. The minimum absolute atomic E-state index is 0.659. The lowest BCUT2D eigenvalue weighted by Crippen LogP contribution is -2.23. The van der Waals surface area contributed by atoms with Crippen molar-refractivity contribution in [2.45, 2.75) is 25.3 Å². The van der Waals surface area contributed by atoms with Crippen LogP contribution < -0.4 is 10.6 Å². The number of hydrogen-bond acceptors (Lipinski definition) is 4. The maximum Gasteiger partial charge on any atom is 0.182 e. The molecule has 1 aromatic heterocycles. The Labute approximate surface area is 82.6 Å². The Hall–Kier alpha value is -0.610. The average Bonchev–Trinajstić information content (AvgIpc) is 2.76. The molecule has 1 aliphatic heterocycles. The predicted molar refractivity (Wildman–Crippen MR) is 56.4 cm³/mol. The molecule has 2 rings (SSSR count). The quantitative estimate of drug-likeness (QED) is 0.770. The molecular weight excluding hydrogens is 182 g/mol. The van der Waals surface area contributed by atoms with Crippen molar-refractivity contribution in [2.24, 2.45) is 0 Å². The number of anilines is 1. The zero-order valence-electron chi connectivity index (χ0n) is 7.84. The van der Waals surface area contributed by atoms with E-state index in [1.54, 1.807) is 11.3 Å². The highest BCUT2D eigenvalue weighted by molar-refractivity contribution is 7.13. The van der Waals surface area contributed by atoms with E-state index in [1.165, 1.54) is 25.1 Å². The Morgan fingerprint density at radius 3 is 3.31 bits per heavy atom. The van der Waals surface area contributed by atoms with Crippen molar-refractivity contribution in [3.05, 3.63) is 11.1 Å². The first-order valence-electron chi connectivity index (χ1n) is 4.74. The molecule has 3 nitrogen and oxygen atoms in total. The van der Waals surface area contributed by atoms with Crippen LogP contribution in [0.25, 0.3) is 0 Å². The lowest BCUT2D eigenvalue weighted by Gasteiger charge is -2.06. The summed E-state index contributed by atoms with van der Waals surface area (Å²) in [5.41, 5.74) is 1.22. The number of aromatic nitrogens is 1. The fourth-order valence-electron chi connectivity index (χ4n) is 1.70. The first kappa shape index (κ1) is 8.97. The fraction of sp³-hybridized carbons (Fsp3) is 0.667. The van der Waals surface area contributed by atoms with Gasteiger partial charge < -0.3 is 10.6 Å². The highest BCUT2D eigenvalue weighted by Crippen LogP contribution is 2.17. The van der Waals surface area contributed by atoms with E-state index in [0.29, 0.717) is 6.04 Å². The molecule has 0 saturated carbocycles. The number of nitrogens with one attached hydrogen (secondary N) is 2. The molecule has 1 unspecified atom stereocenters. The van der Waals surface area contributed by atoms with Gasteiger partial charge in [0, 0.05) is 24.9 Å².